The highest BCUT2D eigenvalue weighted by Crippen LogP contribution is 2.19. The van der Waals surface area contributed by atoms with E-state index >= 15 is 0 Å². The van der Waals surface area contributed by atoms with Crippen molar-refractivity contribution in [2.24, 2.45) is 0 Å². The Hall–Kier alpha value is -2.67. The van der Waals surface area contributed by atoms with E-state index in [-0.39, 0.29) is 24.9 Å². The number of ether oxygens (including phenoxy) is 2. The van der Waals surface area contributed by atoms with Gasteiger partial charge in [-0.25, -0.2) is 0 Å². The summed E-state index contributed by atoms with van der Waals surface area (Å²) in [6, 6.07) is 14.8. The molecule has 0 radical (unpaired) electrons. The minimum Gasteiger partial charge on any atom is -0.497 e. The van der Waals surface area contributed by atoms with Crippen molar-refractivity contribution in [3.8, 4) is 17.1 Å². The average molecular weight is 403 g/mol. The summed E-state index contributed by atoms with van der Waals surface area (Å²) < 4.78 is 16.4. The molecule has 7 heteroatoms. The van der Waals surface area contributed by atoms with Crippen LogP contribution in [0.25, 0.3) is 11.4 Å². The van der Waals surface area contributed by atoms with Crippen LogP contribution in [0.4, 0.5) is 0 Å². The molecular weight excluding hydrogens is 388 g/mol. The normalized spacial score (nSPS) is 10.5. The second-order valence-electron chi connectivity index (χ2n) is 5.21. The third-order valence-corrected chi connectivity index (χ3v) is 3.94. The Kier molecular flexibility index (Phi) is 5.45. The second-order valence-corrected chi connectivity index (χ2v) is 6.12. The minimum absolute atomic E-state index is 0.0632. The summed E-state index contributed by atoms with van der Waals surface area (Å²) in [5.74, 6) is 1.02. The molecule has 25 heavy (non-hydrogen) atoms. The molecule has 2 aromatic carbocycles. The van der Waals surface area contributed by atoms with Gasteiger partial charge in [0, 0.05) is 10.0 Å². The van der Waals surface area contributed by atoms with Gasteiger partial charge in [-0.15, -0.1) is 0 Å². The number of esters is 1. The highest BCUT2D eigenvalue weighted by atomic mass is 79.9. The number of halogens is 1. The number of hydrogen-bond donors (Lipinski definition) is 0. The van der Waals surface area contributed by atoms with E-state index < -0.39 is 0 Å². The van der Waals surface area contributed by atoms with Crippen molar-refractivity contribution >= 4 is 21.9 Å². The van der Waals surface area contributed by atoms with Gasteiger partial charge >= 0.3 is 5.97 Å². The van der Waals surface area contributed by atoms with Crippen molar-refractivity contribution in [3.63, 3.8) is 0 Å². The lowest BCUT2D eigenvalue weighted by Crippen LogP contribution is -2.08. The van der Waals surface area contributed by atoms with E-state index in [1.165, 1.54) is 0 Å². The Labute approximate surface area is 152 Å². The molecule has 0 fully saturated rings. The number of aromatic nitrogens is 2. The van der Waals surface area contributed by atoms with Crippen molar-refractivity contribution in [1.29, 1.82) is 0 Å². The van der Waals surface area contributed by atoms with Crippen molar-refractivity contribution in [1.82, 2.24) is 10.1 Å². The number of hydrogen-bond acceptors (Lipinski definition) is 6. The molecule has 0 amide bonds. The molecule has 3 aromatic rings. The Bertz CT molecular complexity index is 862. The molecule has 0 atom stereocenters. The molecule has 0 spiro atoms. The molecular formula is C18H15BrN2O4. The van der Waals surface area contributed by atoms with Crippen molar-refractivity contribution in [2.45, 2.75) is 13.0 Å². The van der Waals surface area contributed by atoms with Crippen LogP contribution in [-0.2, 0) is 22.6 Å². The smallest absolute Gasteiger partial charge is 0.310 e. The SMILES string of the molecule is COc1cccc(CC(=O)OCc2nc(-c3ccc(Br)cc3)no2)c1. The van der Waals surface area contributed by atoms with Crippen LogP contribution in [-0.4, -0.2) is 23.2 Å². The quantitative estimate of drug-likeness (QED) is 0.583. The van der Waals surface area contributed by atoms with Gasteiger partial charge in [0.25, 0.3) is 5.89 Å². The Morgan fingerprint density at radius 3 is 2.76 bits per heavy atom. The summed E-state index contributed by atoms with van der Waals surface area (Å²) in [7, 11) is 1.58. The second kappa shape index (κ2) is 7.94. The number of carbonyl (C=O) groups excluding carboxylic acids is 1. The van der Waals surface area contributed by atoms with Gasteiger partial charge in [-0.05, 0) is 42.0 Å². The molecule has 0 saturated carbocycles. The summed E-state index contributed by atoms with van der Waals surface area (Å²) in [5, 5.41) is 3.89. The molecule has 0 aliphatic carbocycles. The van der Waals surface area contributed by atoms with E-state index in [1.54, 1.807) is 13.2 Å². The van der Waals surface area contributed by atoms with Crippen LogP contribution < -0.4 is 4.74 Å². The molecule has 128 valence electrons. The van der Waals surface area contributed by atoms with E-state index in [2.05, 4.69) is 26.1 Å². The van der Waals surface area contributed by atoms with Gasteiger partial charge in [0.05, 0.1) is 13.5 Å². The van der Waals surface area contributed by atoms with Crippen molar-refractivity contribution in [2.75, 3.05) is 7.11 Å². The van der Waals surface area contributed by atoms with Crippen LogP contribution in [0.5, 0.6) is 5.75 Å². The van der Waals surface area contributed by atoms with Crippen molar-refractivity contribution < 1.29 is 18.8 Å². The largest absolute Gasteiger partial charge is 0.497 e. The lowest BCUT2D eigenvalue weighted by atomic mass is 10.1. The zero-order chi connectivity index (χ0) is 17.6. The van der Waals surface area contributed by atoms with Crippen molar-refractivity contribution in [3.05, 3.63) is 64.5 Å². The first-order valence-corrected chi connectivity index (χ1v) is 8.30. The van der Waals surface area contributed by atoms with Crippen LogP contribution in [0.15, 0.2) is 57.5 Å². The number of nitrogens with zero attached hydrogens (tertiary/aromatic N) is 2. The molecule has 0 aliphatic rings. The predicted octanol–water partition coefficient (Wildman–Crippen LogP) is 3.79. The summed E-state index contributed by atoms with van der Waals surface area (Å²) in [6.07, 6.45) is 0.144. The van der Waals surface area contributed by atoms with Gasteiger partial charge in [-0.2, -0.15) is 4.98 Å². The van der Waals surface area contributed by atoms with E-state index in [9.17, 15) is 4.79 Å². The molecule has 0 bridgehead atoms. The van der Waals surface area contributed by atoms with Crippen LogP contribution in [0.2, 0.25) is 0 Å². The fourth-order valence-electron chi connectivity index (χ4n) is 2.17. The lowest BCUT2D eigenvalue weighted by molar-refractivity contribution is -0.144. The molecule has 0 aliphatic heterocycles. The topological polar surface area (TPSA) is 74.5 Å². The maximum absolute atomic E-state index is 11.9. The molecule has 0 unspecified atom stereocenters. The summed E-state index contributed by atoms with van der Waals surface area (Å²) in [4.78, 5) is 16.2. The van der Waals surface area contributed by atoms with E-state index in [4.69, 9.17) is 14.0 Å². The molecule has 0 N–H and O–H groups in total. The molecule has 1 aromatic heterocycles. The zero-order valence-corrected chi connectivity index (χ0v) is 15.0. The van der Waals surface area contributed by atoms with Gasteiger partial charge in [-0.1, -0.05) is 33.2 Å². The van der Waals surface area contributed by atoms with Gasteiger partial charge < -0.3 is 14.0 Å². The minimum atomic E-state index is -0.378. The number of carbonyl (C=O) groups is 1. The Morgan fingerprint density at radius 2 is 2.00 bits per heavy atom. The Balaban J connectivity index is 1.56. The van der Waals surface area contributed by atoms with Gasteiger partial charge in [0.1, 0.15) is 5.75 Å². The fourth-order valence-corrected chi connectivity index (χ4v) is 2.44. The standard InChI is InChI=1S/C18H15BrN2O4/c1-23-15-4-2-3-12(9-15)10-17(22)24-11-16-20-18(21-25-16)13-5-7-14(19)8-6-13/h2-9H,10-11H2,1H3. The maximum Gasteiger partial charge on any atom is 0.310 e. The zero-order valence-electron chi connectivity index (χ0n) is 13.4. The fraction of sp³-hybridized carbons (Fsp3) is 0.167. The highest BCUT2D eigenvalue weighted by Gasteiger charge is 2.12. The average Bonchev–Trinajstić information content (AvgIpc) is 3.10. The first-order chi connectivity index (χ1) is 12.1. The van der Waals surface area contributed by atoms with Crippen LogP contribution in [0.1, 0.15) is 11.5 Å². The molecule has 0 saturated heterocycles. The predicted molar refractivity (Wildman–Crippen MR) is 93.9 cm³/mol. The van der Waals surface area contributed by atoms with Crippen LogP contribution in [0.3, 0.4) is 0 Å². The van der Waals surface area contributed by atoms with E-state index in [1.807, 2.05) is 42.5 Å². The lowest BCUT2D eigenvalue weighted by Gasteiger charge is -2.04. The first-order valence-electron chi connectivity index (χ1n) is 7.51. The highest BCUT2D eigenvalue weighted by molar-refractivity contribution is 9.10. The number of benzene rings is 2. The number of methoxy groups -OCH3 is 1. The third-order valence-electron chi connectivity index (χ3n) is 3.41. The monoisotopic (exact) mass is 402 g/mol. The molecule has 3 rings (SSSR count). The van der Waals surface area contributed by atoms with E-state index in [0.29, 0.717) is 11.6 Å². The molecule has 6 nitrogen and oxygen atoms in total. The third kappa shape index (κ3) is 4.67. The number of rotatable bonds is 6. The summed E-state index contributed by atoms with van der Waals surface area (Å²) in [6.45, 7) is -0.0632. The Morgan fingerprint density at radius 1 is 1.20 bits per heavy atom. The first kappa shape index (κ1) is 17.2. The van der Waals surface area contributed by atoms with E-state index in [0.717, 1.165) is 15.6 Å². The van der Waals surface area contributed by atoms with Gasteiger partial charge in [0.2, 0.25) is 5.82 Å². The molecule has 1 heterocycles. The van der Waals surface area contributed by atoms with Crippen LogP contribution in [0, 0.1) is 0 Å². The maximum atomic E-state index is 11.9. The summed E-state index contributed by atoms with van der Waals surface area (Å²) in [5.41, 5.74) is 1.63. The van der Waals surface area contributed by atoms with Crippen LogP contribution >= 0.6 is 15.9 Å². The summed E-state index contributed by atoms with van der Waals surface area (Å²) >= 11 is 3.37. The van der Waals surface area contributed by atoms with Gasteiger partial charge in [-0.3, -0.25) is 4.79 Å². The van der Waals surface area contributed by atoms with Gasteiger partial charge in [0.15, 0.2) is 6.61 Å².